The topological polar surface area (TPSA) is 103 Å². The first-order chi connectivity index (χ1) is 17.3. The van der Waals surface area contributed by atoms with Gasteiger partial charge in [0.1, 0.15) is 11.4 Å². The van der Waals surface area contributed by atoms with Gasteiger partial charge in [-0.3, -0.25) is 5.10 Å². The second-order valence-corrected chi connectivity index (χ2v) is 12.8. The number of anilines is 1. The van der Waals surface area contributed by atoms with Crippen LogP contribution < -0.4 is 10.2 Å². The van der Waals surface area contributed by atoms with Gasteiger partial charge in [-0.1, -0.05) is 19.9 Å². The second kappa shape index (κ2) is 7.75. The molecular weight excluding hydrogens is 450 g/mol. The summed E-state index contributed by atoms with van der Waals surface area (Å²) in [5.74, 6) is 1.72. The van der Waals surface area contributed by atoms with Crippen LogP contribution in [-0.4, -0.2) is 55.2 Å². The standard InChI is InChI=1S/C28H35N7O/c1-26-8-18-9-27(2,15-26)17-28(10-18,16-26)32-21-5-6-35(14-21)25-29-13-23(33-34-25)22-4-3-19(7-24(22)36)20-11-30-31-12-20/h3-4,7,11-13,18,21,32,36H,5-6,8-10,14-17H2,1-2H3,(H,30,31). The zero-order chi connectivity index (χ0) is 24.5. The van der Waals surface area contributed by atoms with E-state index < -0.39 is 0 Å². The maximum atomic E-state index is 10.6. The molecule has 4 bridgehead atoms. The van der Waals surface area contributed by atoms with Crippen LogP contribution in [0, 0.1) is 16.7 Å². The first kappa shape index (κ1) is 22.2. The van der Waals surface area contributed by atoms with Crippen LogP contribution in [0.3, 0.4) is 0 Å². The minimum absolute atomic E-state index is 0.154. The van der Waals surface area contributed by atoms with Crippen molar-refractivity contribution in [1.82, 2.24) is 30.7 Å². The van der Waals surface area contributed by atoms with E-state index in [1.54, 1.807) is 24.7 Å². The zero-order valence-electron chi connectivity index (χ0n) is 21.2. The van der Waals surface area contributed by atoms with Crippen molar-refractivity contribution in [3.8, 4) is 28.1 Å². The molecule has 5 fully saturated rings. The predicted octanol–water partition coefficient (Wildman–Crippen LogP) is 4.55. The number of phenols is 1. The summed E-state index contributed by atoms with van der Waals surface area (Å²) in [4.78, 5) is 6.88. The molecule has 4 saturated carbocycles. The molecule has 188 valence electrons. The van der Waals surface area contributed by atoms with E-state index in [1.165, 1.54) is 38.5 Å². The number of nitrogens with zero attached hydrogens (tertiary/aromatic N) is 5. The van der Waals surface area contributed by atoms with Crippen LogP contribution in [0.25, 0.3) is 22.4 Å². The number of hydrogen-bond acceptors (Lipinski definition) is 7. The lowest BCUT2D eigenvalue weighted by atomic mass is 9.42. The van der Waals surface area contributed by atoms with E-state index in [9.17, 15) is 5.11 Å². The second-order valence-electron chi connectivity index (χ2n) is 12.8. The van der Waals surface area contributed by atoms with Crippen LogP contribution >= 0.6 is 0 Å². The number of aromatic nitrogens is 5. The quantitative estimate of drug-likeness (QED) is 0.487. The minimum Gasteiger partial charge on any atom is -0.507 e. The van der Waals surface area contributed by atoms with E-state index in [1.807, 2.05) is 12.1 Å². The van der Waals surface area contributed by atoms with Crippen LogP contribution in [-0.2, 0) is 0 Å². The number of hydrogen-bond donors (Lipinski definition) is 3. The van der Waals surface area contributed by atoms with E-state index in [2.05, 4.69) is 49.4 Å². The molecule has 0 spiro atoms. The van der Waals surface area contributed by atoms with Crippen molar-refractivity contribution >= 4 is 5.95 Å². The van der Waals surface area contributed by atoms with Gasteiger partial charge >= 0.3 is 0 Å². The molecule has 2 aromatic heterocycles. The smallest absolute Gasteiger partial charge is 0.245 e. The van der Waals surface area contributed by atoms with Crippen molar-refractivity contribution < 1.29 is 5.11 Å². The Bertz CT molecular complexity index is 1260. The van der Waals surface area contributed by atoms with E-state index in [0.717, 1.165) is 36.6 Å². The van der Waals surface area contributed by atoms with Crippen LogP contribution in [0.2, 0.25) is 0 Å². The Morgan fingerprint density at radius 2 is 1.86 bits per heavy atom. The fourth-order valence-corrected chi connectivity index (χ4v) is 8.98. The third-order valence-electron chi connectivity index (χ3n) is 9.26. The molecular formula is C28H35N7O. The summed E-state index contributed by atoms with van der Waals surface area (Å²) < 4.78 is 0. The molecule has 3 aromatic rings. The highest BCUT2D eigenvalue weighted by atomic mass is 16.3. The molecule has 3 heterocycles. The predicted molar refractivity (Wildman–Crippen MR) is 138 cm³/mol. The molecule has 5 aliphatic rings. The number of H-pyrrole nitrogens is 1. The SMILES string of the molecule is CC12CC3CC(C)(C1)CC(NC1CCN(c4ncc(-c5ccc(-c6cn[nH]c6)cc5O)nn4)C1)(C3)C2. The Morgan fingerprint density at radius 3 is 2.53 bits per heavy atom. The van der Waals surface area contributed by atoms with Gasteiger partial charge in [-0.15, -0.1) is 10.2 Å². The van der Waals surface area contributed by atoms with Crippen molar-refractivity contribution in [3.05, 3.63) is 36.8 Å². The first-order valence-electron chi connectivity index (χ1n) is 13.3. The molecule has 1 aliphatic heterocycles. The third kappa shape index (κ3) is 3.77. The summed E-state index contributed by atoms with van der Waals surface area (Å²) in [6, 6.07) is 5.98. The molecule has 3 atom stereocenters. The molecule has 0 amide bonds. The van der Waals surface area contributed by atoms with Gasteiger partial charge in [0.25, 0.3) is 0 Å². The summed E-state index contributed by atoms with van der Waals surface area (Å²) in [7, 11) is 0. The van der Waals surface area contributed by atoms with Crippen LogP contribution in [0.15, 0.2) is 36.8 Å². The van der Waals surface area contributed by atoms with Gasteiger partial charge in [0.2, 0.25) is 5.95 Å². The summed E-state index contributed by atoms with van der Waals surface area (Å²) in [6.07, 6.45) is 14.6. The molecule has 36 heavy (non-hydrogen) atoms. The average Bonchev–Trinajstić information content (AvgIpc) is 3.49. The number of phenolic OH excluding ortho intramolecular Hbond substituents is 1. The molecule has 3 unspecified atom stereocenters. The maximum Gasteiger partial charge on any atom is 0.245 e. The monoisotopic (exact) mass is 485 g/mol. The van der Waals surface area contributed by atoms with Crippen molar-refractivity contribution in [2.45, 2.75) is 70.4 Å². The molecule has 0 radical (unpaired) electrons. The molecule has 8 rings (SSSR count). The van der Waals surface area contributed by atoms with Gasteiger partial charge in [-0.25, -0.2) is 4.98 Å². The van der Waals surface area contributed by atoms with E-state index in [4.69, 9.17) is 0 Å². The average molecular weight is 486 g/mol. The zero-order valence-corrected chi connectivity index (χ0v) is 21.2. The van der Waals surface area contributed by atoms with Gasteiger partial charge in [0.15, 0.2) is 0 Å². The van der Waals surface area contributed by atoms with Crippen LogP contribution in [0.1, 0.15) is 58.8 Å². The van der Waals surface area contributed by atoms with Gasteiger partial charge < -0.3 is 15.3 Å². The molecule has 8 heteroatoms. The molecule has 3 N–H and O–H groups in total. The number of aromatic hydroxyl groups is 1. The van der Waals surface area contributed by atoms with E-state index in [0.29, 0.717) is 39.6 Å². The summed E-state index contributed by atoms with van der Waals surface area (Å²) in [6.45, 7) is 6.94. The third-order valence-corrected chi connectivity index (χ3v) is 9.26. The number of rotatable bonds is 5. The Kier molecular flexibility index (Phi) is 4.78. The summed E-state index contributed by atoms with van der Waals surface area (Å²) >= 11 is 0. The van der Waals surface area contributed by atoms with Gasteiger partial charge in [-0.05, 0) is 79.4 Å². The lowest BCUT2D eigenvalue weighted by molar-refractivity contribution is -0.120. The van der Waals surface area contributed by atoms with Gasteiger partial charge in [0, 0.05) is 42.0 Å². The molecule has 4 aliphatic carbocycles. The number of nitrogens with one attached hydrogen (secondary N) is 2. The van der Waals surface area contributed by atoms with Gasteiger partial charge in [-0.2, -0.15) is 5.10 Å². The summed E-state index contributed by atoms with van der Waals surface area (Å²) in [5, 5.41) is 30.4. The molecule has 1 saturated heterocycles. The Hall–Kier alpha value is -3.00. The highest BCUT2D eigenvalue weighted by molar-refractivity contribution is 5.73. The van der Waals surface area contributed by atoms with Crippen molar-refractivity contribution in [1.29, 1.82) is 0 Å². The highest BCUT2D eigenvalue weighted by Crippen LogP contribution is 2.66. The summed E-state index contributed by atoms with van der Waals surface area (Å²) in [5.41, 5.74) is 4.35. The number of aromatic amines is 1. The Balaban J connectivity index is 1.04. The van der Waals surface area contributed by atoms with Crippen molar-refractivity contribution in [2.24, 2.45) is 16.7 Å². The van der Waals surface area contributed by atoms with E-state index >= 15 is 0 Å². The van der Waals surface area contributed by atoms with Crippen molar-refractivity contribution in [3.63, 3.8) is 0 Å². The normalized spacial score (nSPS) is 35.0. The number of benzene rings is 1. The van der Waals surface area contributed by atoms with Gasteiger partial charge in [0.05, 0.1) is 12.4 Å². The van der Waals surface area contributed by atoms with Crippen LogP contribution in [0.5, 0.6) is 5.75 Å². The molecule has 8 nitrogen and oxygen atoms in total. The Labute approximate surface area is 211 Å². The van der Waals surface area contributed by atoms with Crippen LogP contribution in [0.4, 0.5) is 5.95 Å². The molecule has 1 aromatic carbocycles. The highest BCUT2D eigenvalue weighted by Gasteiger charge is 2.60. The first-order valence-corrected chi connectivity index (χ1v) is 13.3. The largest absolute Gasteiger partial charge is 0.507 e. The lowest BCUT2D eigenvalue weighted by Crippen LogP contribution is -2.66. The Morgan fingerprint density at radius 1 is 1.03 bits per heavy atom. The lowest BCUT2D eigenvalue weighted by Gasteiger charge is -2.66. The minimum atomic E-state index is 0.154. The fourth-order valence-electron chi connectivity index (χ4n) is 8.98. The maximum absolute atomic E-state index is 10.6. The van der Waals surface area contributed by atoms with Crippen molar-refractivity contribution in [2.75, 3.05) is 18.0 Å². The fraction of sp³-hybridized carbons (Fsp3) is 0.571. The van der Waals surface area contributed by atoms with E-state index in [-0.39, 0.29) is 5.75 Å².